The predicted octanol–water partition coefficient (Wildman–Crippen LogP) is 3.96. The highest BCUT2D eigenvalue weighted by Crippen LogP contribution is 2.34. The summed E-state index contributed by atoms with van der Waals surface area (Å²) < 4.78 is 34.0. The highest BCUT2D eigenvalue weighted by atomic mass is 16.5. The number of hydrogen-bond acceptors (Lipinski definition) is 9. The summed E-state index contributed by atoms with van der Waals surface area (Å²) in [4.78, 5) is 17.9. The minimum absolute atomic E-state index is 0.0737. The number of morpholine rings is 2. The van der Waals surface area contributed by atoms with Crippen LogP contribution in [0.25, 0.3) is 12.2 Å². The van der Waals surface area contributed by atoms with Crippen LogP contribution in [-0.4, -0.2) is 109 Å². The molecule has 2 aromatic carbocycles. The molecule has 0 radical (unpaired) electrons. The Bertz CT molecular complexity index is 1170. The van der Waals surface area contributed by atoms with Crippen molar-refractivity contribution in [1.29, 1.82) is 0 Å². The van der Waals surface area contributed by atoms with Crippen LogP contribution in [0.3, 0.4) is 0 Å². The van der Waals surface area contributed by atoms with Gasteiger partial charge in [0.2, 0.25) is 0 Å². The van der Waals surface area contributed by atoms with Crippen molar-refractivity contribution in [2.24, 2.45) is 0 Å². The van der Waals surface area contributed by atoms with E-state index in [2.05, 4.69) is 9.80 Å². The van der Waals surface area contributed by atoms with E-state index in [-0.39, 0.29) is 5.78 Å². The molecule has 3 aliphatic rings. The van der Waals surface area contributed by atoms with Gasteiger partial charge in [0.05, 0.1) is 40.6 Å². The van der Waals surface area contributed by atoms with E-state index in [1.54, 1.807) is 14.2 Å². The lowest BCUT2D eigenvalue weighted by Crippen LogP contribution is -2.38. The first-order chi connectivity index (χ1) is 20.6. The molecule has 5 rings (SSSR count). The van der Waals surface area contributed by atoms with Crippen LogP contribution in [-0.2, 0) is 14.3 Å². The van der Waals surface area contributed by atoms with Crippen molar-refractivity contribution in [3.8, 4) is 23.0 Å². The number of methoxy groups -OCH3 is 2. The van der Waals surface area contributed by atoms with E-state index >= 15 is 0 Å². The highest BCUT2D eigenvalue weighted by molar-refractivity contribution is 6.15. The van der Waals surface area contributed by atoms with Gasteiger partial charge < -0.3 is 28.4 Å². The molecule has 1 aliphatic carbocycles. The van der Waals surface area contributed by atoms with Gasteiger partial charge in [-0.05, 0) is 60.4 Å². The number of nitrogens with zero attached hydrogens (tertiary/aromatic N) is 2. The second-order valence-electron chi connectivity index (χ2n) is 10.6. The number of rotatable bonds is 12. The molecule has 9 heteroatoms. The van der Waals surface area contributed by atoms with Crippen LogP contribution in [0.2, 0.25) is 0 Å². The molecule has 2 saturated heterocycles. The van der Waals surface area contributed by atoms with Crippen molar-refractivity contribution in [2.45, 2.75) is 12.8 Å². The molecular formula is C33H42N2O7. The lowest BCUT2D eigenvalue weighted by molar-refractivity contribution is -0.111. The van der Waals surface area contributed by atoms with Gasteiger partial charge in [-0.15, -0.1) is 0 Å². The Morgan fingerprint density at radius 3 is 1.50 bits per heavy atom. The second-order valence-corrected chi connectivity index (χ2v) is 10.6. The molecule has 0 unspecified atom stereocenters. The first-order valence-electron chi connectivity index (χ1n) is 14.8. The Morgan fingerprint density at radius 2 is 1.10 bits per heavy atom. The van der Waals surface area contributed by atoms with Crippen molar-refractivity contribution in [3.63, 3.8) is 0 Å². The van der Waals surface area contributed by atoms with Crippen molar-refractivity contribution in [1.82, 2.24) is 9.80 Å². The van der Waals surface area contributed by atoms with E-state index in [0.29, 0.717) is 49.1 Å². The SMILES string of the molecule is COc1cc(C=C2CCC(=Cc3ccc(OCCN4CCOCC4)c(OC)c3)C2=O)ccc1OCCN1CCOCC1. The van der Waals surface area contributed by atoms with Crippen LogP contribution in [0, 0.1) is 0 Å². The van der Waals surface area contributed by atoms with E-state index < -0.39 is 0 Å². The minimum atomic E-state index is 0.0737. The molecule has 226 valence electrons. The van der Waals surface area contributed by atoms with Gasteiger partial charge in [0.25, 0.3) is 0 Å². The quantitative estimate of drug-likeness (QED) is 0.348. The van der Waals surface area contributed by atoms with Crippen LogP contribution in [0.5, 0.6) is 23.0 Å². The zero-order valence-corrected chi connectivity index (χ0v) is 24.8. The fourth-order valence-corrected chi connectivity index (χ4v) is 5.39. The predicted molar refractivity (Wildman–Crippen MR) is 162 cm³/mol. The maximum atomic E-state index is 13.3. The topological polar surface area (TPSA) is 78.9 Å². The van der Waals surface area contributed by atoms with Crippen LogP contribution in [0.1, 0.15) is 24.0 Å². The zero-order chi connectivity index (χ0) is 29.1. The summed E-state index contributed by atoms with van der Waals surface area (Å²) in [6.45, 7) is 9.66. The number of Topliss-reactive ketones (excluding diaryl/α,β-unsaturated/α-hetero) is 1. The van der Waals surface area contributed by atoms with Gasteiger partial charge >= 0.3 is 0 Å². The first kappa shape index (κ1) is 30.1. The Morgan fingerprint density at radius 1 is 0.667 bits per heavy atom. The molecule has 0 amide bonds. The fourth-order valence-electron chi connectivity index (χ4n) is 5.39. The molecule has 2 heterocycles. The van der Waals surface area contributed by atoms with Gasteiger partial charge in [0.1, 0.15) is 13.2 Å². The minimum Gasteiger partial charge on any atom is -0.493 e. The van der Waals surface area contributed by atoms with Crippen LogP contribution in [0.4, 0.5) is 0 Å². The largest absolute Gasteiger partial charge is 0.493 e. The molecule has 42 heavy (non-hydrogen) atoms. The summed E-state index contributed by atoms with van der Waals surface area (Å²) in [6.07, 6.45) is 5.31. The van der Waals surface area contributed by atoms with E-state index in [0.717, 1.165) is 88.0 Å². The molecule has 2 aromatic rings. The van der Waals surface area contributed by atoms with Crippen molar-refractivity contribution < 1.29 is 33.2 Å². The summed E-state index contributed by atoms with van der Waals surface area (Å²) in [6, 6.07) is 11.6. The third-order valence-corrected chi connectivity index (χ3v) is 7.84. The van der Waals surface area contributed by atoms with Gasteiger partial charge in [-0.3, -0.25) is 14.6 Å². The maximum absolute atomic E-state index is 13.3. The van der Waals surface area contributed by atoms with E-state index in [9.17, 15) is 4.79 Å². The number of carbonyl (C=O) groups excluding carboxylic acids is 1. The van der Waals surface area contributed by atoms with Crippen molar-refractivity contribution in [3.05, 3.63) is 58.7 Å². The van der Waals surface area contributed by atoms with E-state index in [1.165, 1.54) is 0 Å². The van der Waals surface area contributed by atoms with Gasteiger partial charge in [-0.1, -0.05) is 12.1 Å². The van der Waals surface area contributed by atoms with Gasteiger partial charge in [-0.2, -0.15) is 0 Å². The number of ketones is 1. The zero-order valence-electron chi connectivity index (χ0n) is 24.8. The van der Waals surface area contributed by atoms with Gasteiger partial charge in [-0.25, -0.2) is 0 Å². The Kier molecular flexibility index (Phi) is 10.9. The fraction of sp³-hybridized carbons (Fsp3) is 0.485. The highest BCUT2D eigenvalue weighted by Gasteiger charge is 2.23. The molecule has 3 fully saturated rings. The van der Waals surface area contributed by atoms with E-state index in [4.69, 9.17) is 28.4 Å². The summed E-state index contributed by atoms with van der Waals surface area (Å²) in [5.41, 5.74) is 3.41. The van der Waals surface area contributed by atoms with Gasteiger partial charge in [0, 0.05) is 50.4 Å². The lowest BCUT2D eigenvalue weighted by atomic mass is 10.1. The molecule has 1 saturated carbocycles. The van der Waals surface area contributed by atoms with Crippen LogP contribution in [0.15, 0.2) is 47.5 Å². The average Bonchev–Trinajstić information content (AvgIpc) is 3.37. The standard InChI is InChI=1S/C33H42N2O7/c1-37-31-23-25(3-7-29(31)41-19-13-34-9-15-39-16-10-34)21-27-5-6-28(33(27)36)22-26-4-8-30(32(24-26)38-2)42-20-14-35-11-17-40-18-12-35/h3-4,7-8,21-24H,5-6,9-20H2,1-2H3. The number of allylic oxidation sites excluding steroid dienone is 2. The van der Waals surface area contributed by atoms with Crippen LogP contribution >= 0.6 is 0 Å². The Balaban J connectivity index is 1.18. The monoisotopic (exact) mass is 578 g/mol. The number of carbonyl (C=O) groups is 1. The summed E-state index contributed by atoms with van der Waals surface area (Å²) >= 11 is 0. The summed E-state index contributed by atoms with van der Waals surface area (Å²) in [7, 11) is 3.27. The van der Waals surface area contributed by atoms with Crippen molar-refractivity contribution >= 4 is 17.9 Å². The third-order valence-electron chi connectivity index (χ3n) is 7.84. The third kappa shape index (κ3) is 8.13. The average molecular weight is 579 g/mol. The van der Waals surface area contributed by atoms with Crippen molar-refractivity contribution in [2.75, 3.05) is 93.1 Å². The summed E-state index contributed by atoms with van der Waals surface area (Å²) in [5.74, 6) is 2.80. The maximum Gasteiger partial charge on any atom is 0.185 e. The molecule has 9 nitrogen and oxygen atoms in total. The molecule has 0 N–H and O–H groups in total. The molecular weight excluding hydrogens is 536 g/mol. The molecule has 0 atom stereocenters. The molecule has 0 bridgehead atoms. The lowest BCUT2D eigenvalue weighted by Gasteiger charge is -2.26. The summed E-state index contributed by atoms with van der Waals surface area (Å²) in [5, 5.41) is 0. The smallest absolute Gasteiger partial charge is 0.185 e. The Labute approximate surface area is 248 Å². The molecule has 2 aliphatic heterocycles. The number of benzene rings is 2. The molecule has 0 aromatic heterocycles. The molecule has 0 spiro atoms. The van der Waals surface area contributed by atoms with Crippen LogP contribution < -0.4 is 18.9 Å². The number of ether oxygens (including phenoxy) is 6. The first-order valence-corrected chi connectivity index (χ1v) is 14.8. The normalized spacial score (nSPS) is 20.3. The Hall–Kier alpha value is -3.37. The van der Waals surface area contributed by atoms with E-state index in [1.807, 2.05) is 48.6 Å². The number of hydrogen-bond donors (Lipinski definition) is 0. The van der Waals surface area contributed by atoms with Gasteiger partial charge in [0.15, 0.2) is 28.8 Å². The second kappa shape index (κ2) is 15.2.